The number of piperidine rings is 1. The van der Waals surface area contributed by atoms with E-state index in [0.717, 1.165) is 17.3 Å². The average Bonchev–Trinajstić information content (AvgIpc) is 3.61. The van der Waals surface area contributed by atoms with E-state index >= 15 is 0 Å². The van der Waals surface area contributed by atoms with E-state index in [1.165, 1.54) is 17.4 Å². The van der Waals surface area contributed by atoms with Crippen LogP contribution in [-0.2, 0) is 25.9 Å². The van der Waals surface area contributed by atoms with Crippen molar-refractivity contribution in [1.29, 1.82) is 0 Å². The fourth-order valence-corrected chi connectivity index (χ4v) is 6.86. The van der Waals surface area contributed by atoms with Crippen LogP contribution in [0, 0.1) is 0 Å². The lowest BCUT2D eigenvalue weighted by Crippen LogP contribution is -2.40. The molecule has 0 radical (unpaired) electrons. The van der Waals surface area contributed by atoms with E-state index in [0.29, 0.717) is 55.5 Å². The number of thiazole rings is 1. The predicted molar refractivity (Wildman–Crippen MR) is 155 cm³/mol. The van der Waals surface area contributed by atoms with E-state index in [4.69, 9.17) is 30.3 Å². The Kier molecular flexibility index (Phi) is 9.20. The van der Waals surface area contributed by atoms with Gasteiger partial charge in [0.2, 0.25) is 5.88 Å². The Morgan fingerprint density at radius 1 is 1.28 bits per heavy atom. The Balaban J connectivity index is 1.14. The van der Waals surface area contributed by atoms with Crippen LogP contribution in [0.15, 0.2) is 45.5 Å². The first-order valence-electron chi connectivity index (χ1n) is 12.8. The zero-order chi connectivity index (χ0) is 30.9. The number of nitrogens with zero attached hydrogens (tertiary/aromatic N) is 4. The summed E-state index contributed by atoms with van der Waals surface area (Å²) in [6.07, 6.45) is -1.95. The molecule has 230 valence electrons. The first kappa shape index (κ1) is 31.5. The fourth-order valence-electron chi connectivity index (χ4n) is 4.64. The summed E-state index contributed by atoms with van der Waals surface area (Å²) in [5.41, 5.74) is 0.685. The molecule has 2 aliphatic heterocycles. The molecule has 0 N–H and O–H groups in total. The molecular formula is C26H23BrClF3N4O6S2. The van der Waals surface area contributed by atoms with Crippen molar-refractivity contribution in [1.82, 2.24) is 14.9 Å². The number of alkyl halides is 3. The average molecular weight is 724 g/mol. The zero-order valence-electron chi connectivity index (χ0n) is 22.3. The molecule has 1 aromatic carbocycles. The molecule has 2 aliphatic rings. The number of carbonyl (C=O) groups is 1. The van der Waals surface area contributed by atoms with Crippen molar-refractivity contribution in [2.24, 2.45) is 5.16 Å². The summed E-state index contributed by atoms with van der Waals surface area (Å²) in [5, 5.41) is 7.22. The number of ether oxygens (including phenoxy) is 1. The molecule has 0 bridgehead atoms. The molecular weight excluding hydrogens is 701 g/mol. The highest BCUT2D eigenvalue weighted by Crippen LogP contribution is 2.41. The second-order valence-corrected chi connectivity index (χ2v) is 13.5. The number of rotatable bonds is 8. The summed E-state index contributed by atoms with van der Waals surface area (Å²) >= 11 is 10.8. The van der Waals surface area contributed by atoms with Crippen molar-refractivity contribution in [3.8, 4) is 11.6 Å². The van der Waals surface area contributed by atoms with E-state index in [1.807, 2.05) is 5.38 Å². The summed E-state index contributed by atoms with van der Waals surface area (Å²) < 4.78 is 72.4. The summed E-state index contributed by atoms with van der Waals surface area (Å²) in [5.74, 6) is -0.202. The zero-order valence-corrected chi connectivity index (χ0v) is 26.3. The molecule has 1 unspecified atom stereocenters. The first-order chi connectivity index (χ1) is 20.3. The third-order valence-electron chi connectivity index (χ3n) is 6.73. The van der Waals surface area contributed by atoms with Crippen LogP contribution in [0.1, 0.15) is 53.1 Å². The minimum absolute atomic E-state index is 0.00606. The molecule has 1 saturated heterocycles. The maximum Gasteiger partial charge on any atom is 0.417 e. The highest BCUT2D eigenvalue weighted by molar-refractivity contribution is 9.10. The number of carbonyl (C=O) groups excluding carboxylic acids is 1. The predicted octanol–water partition coefficient (Wildman–Crippen LogP) is 5.96. The van der Waals surface area contributed by atoms with Gasteiger partial charge in [-0.05, 0) is 47.0 Å². The molecule has 10 nitrogen and oxygen atoms in total. The summed E-state index contributed by atoms with van der Waals surface area (Å²) in [4.78, 5) is 28.4. The van der Waals surface area contributed by atoms with E-state index in [9.17, 15) is 26.4 Å². The van der Waals surface area contributed by atoms with Crippen molar-refractivity contribution < 1.29 is 40.1 Å². The van der Waals surface area contributed by atoms with Crippen LogP contribution in [0.3, 0.4) is 0 Å². The van der Waals surface area contributed by atoms with Gasteiger partial charge >= 0.3 is 16.3 Å². The topological polar surface area (TPSA) is 120 Å². The second-order valence-electron chi connectivity index (χ2n) is 9.80. The lowest BCUT2D eigenvalue weighted by atomic mass is 9.97. The van der Waals surface area contributed by atoms with Crippen molar-refractivity contribution >= 4 is 60.6 Å². The molecule has 0 aliphatic carbocycles. The van der Waals surface area contributed by atoms with Gasteiger partial charge in [-0.25, -0.2) is 9.97 Å². The van der Waals surface area contributed by atoms with E-state index in [2.05, 4.69) is 26.1 Å². The number of likely N-dealkylation sites (tertiary alicyclic amines) is 1. The molecule has 43 heavy (non-hydrogen) atoms. The van der Waals surface area contributed by atoms with Gasteiger partial charge in [0.15, 0.2) is 18.5 Å². The lowest BCUT2D eigenvalue weighted by molar-refractivity contribution is -0.138. The van der Waals surface area contributed by atoms with Crippen molar-refractivity contribution in [3.63, 3.8) is 0 Å². The van der Waals surface area contributed by atoms with Gasteiger partial charge in [-0.2, -0.15) is 21.6 Å². The smallest absolute Gasteiger partial charge is 0.417 e. The standard InChI is InChI=1S/C26H23BrClF3N4O6S2/c1-43(37,38)41-20-4-2-3-17(28)23(20)21-10-18(34-40-21)19-13-42-25(33-19)14-5-7-35(8-6-14)22(36)12-39-24-16(27)9-15(11-32-24)26(29,30)31/h2-4,9,11,13-14,21H,5-8,10,12H2,1H3. The van der Waals surface area contributed by atoms with E-state index in [-0.39, 0.29) is 39.6 Å². The summed E-state index contributed by atoms with van der Waals surface area (Å²) in [6.45, 7) is 0.572. The van der Waals surface area contributed by atoms with E-state index < -0.39 is 28.0 Å². The third kappa shape index (κ3) is 7.59. The monoisotopic (exact) mass is 722 g/mol. The fraction of sp³-hybridized carbons (Fsp3) is 0.385. The number of halogens is 5. The molecule has 4 heterocycles. The van der Waals surface area contributed by atoms with Crippen LogP contribution < -0.4 is 8.92 Å². The van der Waals surface area contributed by atoms with Gasteiger partial charge in [0, 0.05) is 37.0 Å². The Labute approximate surface area is 262 Å². The lowest BCUT2D eigenvalue weighted by Gasteiger charge is -2.31. The molecule has 5 rings (SSSR count). The number of amides is 1. The summed E-state index contributed by atoms with van der Waals surface area (Å²) in [7, 11) is -3.79. The third-order valence-corrected chi connectivity index (χ3v) is 9.11. The molecule has 3 aromatic rings. The number of hydrogen-bond donors (Lipinski definition) is 0. The van der Waals surface area contributed by atoms with Gasteiger partial charge in [-0.15, -0.1) is 11.3 Å². The Hall–Kier alpha value is -2.95. The second kappa shape index (κ2) is 12.6. The molecule has 1 amide bonds. The van der Waals surface area contributed by atoms with Gasteiger partial charge in [-0.1, -0.05) is 22.8 Å². The minimum atomic E-state index is -4.54. The van der Waals surface area contributed by atoms with Crippen LogP contribution in [0.5, 0.6) is 11.6 Å². The molecule has 17 heteroatoms. The number of pyridine rings is 1. The highest BCUT2D eigenvalue weighted by Gasteiger charge is 2.33. The van der Waals surface area contributed by atoms with Crippen molar-refractivity contribution in [3.05, 3.63) is 67.2 Å². The normalized spacial score (nSPS) is 17.9. The minimum Gasteiger partial charge on any atom is -0.467 e. The number of oxime groups is 1. The molecule has 2 aromatic heterocycles. The Morgan fingerprint density at radius 3 is 2.70 bits per heavy atom. The Morgan fingerprint density at radius 2 is 2.02 bits per heavy atom. The number of benzene rings is 1. The number of hydrogen-bond acceptors (Lipinski definition) is 10. The van der Waals surface area contributed by atoms with Crippen LogP contribution in [0.4, 0.5) is 13.2 Å². The van der Waals surface area contributed by atoms with Gasteiger partial charge in [0.1, 0.15) is 5.71 Å². The van der Waals surface area contributed by atoms with Crippen LogP contribution in [0.25, 0.3) is 0 Å². The first-order valence-corrected chi connectivity index (χ1v) is 16.6. The number of aromatic nitrogens is 2. The maximum atomic E-state index is 12.8. The molecule has 0 saturated carbocycles. The van der Waals surface area contributed by atoms with Crippen LogP contribution in [0.2, 0.25) is 5.02 Å². The van der Waals surface area contributed by atoms with Crippen LogP contribution >= 0.6 is 38.9 Å². The van der Waals surface area contributed by atoms with E-state index in [1.54, 1.807) is 17.0 Å². The highest BCUT2D eigenvalue weighted by atomic mass is 79.9. The van der Waals surface area contributed by atoms with Crippen LogP contribution in [-0.4, -0.2) is 60.9 Å². The largest absolute Gasteiger partial charge is 0.467 e. The Bertz CT molecular complexity index is 1660. The molecule has 1 atom stereocenters. The van der Waals surface area contributed by atoms with Gasteiger partial charge < -0.3 is 18.7 Å². The van der Waals surface area contributed by atoms with Gasteiger partial charge in [0.05, 0.1) is 37.6 Å². The van der Waals surface area contributed by atoms with Gasteiger partial charge in [-0.3, -0.25) is 4.79 Å². The maximum absolute atomic E-state index is 12.8. The van der Waals surface area contributed by atoms with Crippen molar-refractivity contribution in [2.75, 3.05) is 26.0 Å². The quantitative estimate of drug-likeness (QED) is 0.261. The van der Waals surface area contributed by atoms with Gasteiger partial charge in [0.25, 0.3) is 5.91 Å². The molecule has 1 fully saturated rings. The SMILES string of the molecule is CS(=O)(=O)Oc1cccc(Cl)c1C1CC(c2csc(C3CCN(C(=O)COc4ncc(C(F)(F)F)cc4Br)CC3)n2)=NO1. The van der Waals surface area contributed by atoms with Crippen molar-refractivity contribution in [2.45, 2.75) is 37.5 Å². The molecule has 0 spiro atoms. The summed E-state index contributed by atoms with van der Waals surface area (Å²) in [6, 6.07) is 5.54.